The van der Waals surface area contributed by atoms with Crippen molar-refractivity contribution in [2.24, 2.45) is 0 Å². The first-order valence-electron chi connectivity index (χ1n) is 6.86. The highest BCUT2D eigenvalue weighted by Gasteiger charge is 2.17. The van der Waals surface area contributed by atoms with Crippen molar-refractivity contribution in [2.45, 2.75) is 25.9 Å². The molecule has 1 atom stereocenters. The van der Waals surface area contributed by atoms with Crippen molar-refractivity contribution in [3.8, 4) is 0 Å². The fraction of sp³-hybridized carbons (Fsp3) is 0.250. The molecule has 0 bridgehead atoms. The Labute approximate surface area is 138 Å². The Kier molecular flexibility index (Phi) is 5.98. The van der Waals surface area contributed by atoms with Gasteiger partial charge in [0.25, 0.3) is 0 Å². The van der Waals surface area contributed by atoms with E-state index in [9.17, 15) is 9.59 Å². The van der Waals surface area contributed by atoms with E-state index in [0.29, 0.717) is 11.6 Å². The molecule has 2 N–H and O–H groups in total. The molecule has 0 radical (unpaired) electrons. The molecule has 2 amide bonds. The van der Waals surface area contributed by atoms with Crippen molar-refractivity contribution in [3.63, 3.8) is 0 Å². The number of rotatable bonds is 6. The maximum Gasteiger partial charge on any atom is 0.222 e. The summed E-state index contributed by atoms with van der Waals surface area (Å²) < 4.78 is 0. The number of hydrogen-bond donors (Lipinski definition) is 2. The summed E-state index contributed by atoms with van der Waals surface area (Å²) in [6.07, 6.45) is 0.187. The highest BCUT2D eigenvalue weighted by molar-refractivity contribution is 7.09. The Morgan fingerprint density at radius 3 is 2.55 bits per heavy atom. The third-order valence-corrected chi connectivity index (χ3v) is 4.21. The lowest BCUT2D eigenvalue weighted by atomic mass is 10.0. The van der Waals surface area contributed by atoms with Crippen LogP contribution >= 0.6 is 22.9 Å². The molecule has 0 spiro atoms. The molecule has 0 fully saturated rings. The average molecular weight is 337 g/mol. The smallest absolute Gasteiger partial charge is 0.222 e. The second-order valence-electron chi connectivity index (χ2n) is 4.86. The predicted octanol–water partition coefficient (Wildman–Crippen LogP) is 3.29. The van der Waals surface area contributed by atoms with Gasteiger partial charge in [-0.3, -0.25) is 9.59 Å². The van der Waals surface area contributed by atoms with Crippen LogP contribution in [0.15, 0.2) is 41.8 Å². The van der Waals surface area contributed by atoms with E-state index < -0.39 is 0 Å². The first-order valence-corrected chi connectivity index (χ1v) is 8.12. The van der Waals surface area contributed by atoms with Crippen LogP contribution < -0.4 is 10.6 Å². The van der Waals surface area contributed by atoms with E-state index in [2.05, 4.69) is 10.6 Å². The Morgan fingerprint density at radius 1 is 1.23 bits per heavy atom. The van der Waals surface area contributed by atoms with E-state index in [4.69, 9.17) is 11.6 Å². The number of amides is 2. The summed E-state index contributed by atoms with van der Waals surface area (Å²) in [5.74, 6) is -0.284. The van der Waals surface area contributed by atoms with E-state index in [-0.39, 0.29) is 24.3 Å². The van der Waals surface area contributed by atoms with Gasteiger partial charge in [0.15, 0.2) is 0 Å². The lowest BCUT2D eigenvalue weighted by molar-refractivity contribution is -0.122. The minimum Gasteiger partial charge on any atom is -0.351 e. The summed E-state index contributed by atoms with van der Waals surface area (Å²) in [5, 5.41) is 8.25. The van der Waals surface area contributed by atoms with Gasteiger partial charge in [-0.1, -0.05) is 29.8 Å². The predicted molar refractivity (Wildman–Crippen MR) is 88.8 cm³/mol. The molecule has 1 aromatic carbocycles. The van der Waals surface area contributed by atoms with Crippen LogP contribution in [0.3, 0.4) is 0 Å². The Hall–Kier alpha value is -1.85. The van der Waals surface area contributed by atoms with Crippen LogP contribution in [0.1, 0.15) is 29.8 Å². The van der Waals surface area contributed by atoms with Crippen molar-refractivity contribution >= 4 is 34.8 Å². The van der Waals surface area contributed by atoms with E-state index in [0.717, 1.165) is 10.4 Å². The molecule has 1 aromatic heterocycles. The van der Waals surface area contributed by atoms with Gasteiger partial charge in [-0.2, -0.15) is 0 Å². The zero-order valence-corrected chi connectivity index (χ0v) is 13.7. The summed E-state index contributed by atoms with van der Waals surface area (Å²) in [6, 6.07) is 10.7. The molecule has 0 aliphatic rings. The molecule has 22 heavy (non-hydrogen) atoms. The average Bonchev–Trinajstić information content (AvgIpc) is 2.98. The van der Waals surface area contributed by atoms with Crippen molar-refractivity contribution in [3.05, 3.63) is 57.2 Å². The first kappa shape index (κ1) is 16.5. The normalized spacial score (nSPS) is 11.7. The highest BCUT2D eigenvalue weighted by atomic mass is 35.5. The van der Waals surface area contributed by atoms with E-state index in [1.54, 1.807) is 23.5 Å². The van der Waals surface area contributed by atoms with Crippen LogP contribution in [-0.4, -0.2) is 11.8 Å². The molecule has 2 aromatic rings. The molecular weight excluding hydrogens is 320 g/mol. The number of benzene rings is 1. The lowest BCUT2D eigenvalue weighted by Crippen LogP contribution is -2.32. The molecule has 0 saturated carbocycles. The highest BCUT2D eigenvalue weighted by Crippen LogP contribution is 2.19. The topological polar surface area (TPSA) is 58.2 Å². The molecule has 6 heteroatoms. The summed E-state index contributed by atoms with van der Waals surface area (Å²) in [5.41, 5.74) is 0.853. The van der Waals surface area contributed by atoms with Gasteiger partial charge in [0.2, 0.25) is 11.8 Å². The molecule has 1 unspecified atom stereocenters. The summed E-state index contributed by atoms with van der Waals surface area (Å²) in [6.45, 7) is 1.94. The van der Waals surface area contributed by atoms with Gasteiger partial charge in [0, 0.05) is 16.8 Å². The molecular formula is C16H17ClN2O2S. The number of thiophene rings is 1. The van der Waals surface area contributed by atoms with Gasteiger partial charge < -0.3 is 10.6 Å². The van der Waals surface area contributed by atoms with Gasteiger partial charge in [-0.05, 0) is 29.1 Å². The molecule has 1 heterocycles. The molecule has 2 rings (SSSR count). The standard InChI is InChI=1S/C16H17ClN2O2S/c1-11(20)19-15(12-4-6-13(17)7-5-12)9-16(21)18-10-14-3-2-8-22-14/h2-8,15H,9-10H2,1H3,(H,18,21)(H,19,20). The molecule has 0 saturated heterocycles. The summed E-state index contributed by atoms with van der Waals surface area (Å²) in [4.78, 5) is 24.5. The third kappa shape index (κ3) is 5.16. The number of hydrogen-bond acceptors (Lipinski definition) is 3. The Bertz CT molecular complexity index is 626. The van der Waals surface area contributed by atoms with Gasteiger partial charge in [-0.15, -0.1) is 11.3 Å². The Morgan fingerprint density at radius 2 is 1.95 bits per heavy atom. The second kappa shape index (κ2) is 7.96. The molecule has 0 aliphatic carbocycles. The molecule has 116 valence electrons. The van der Waals surface area contributed by atoms with Crippen LogP contribution in [0, 0.1) is 0 Å². The van der Waals surface area contributed by atoms with Crippen LogP contribution in [0.25, 0.3) is 0 Å². The zero-order valence-electron chi connectivity index (χ0n) is 12.1. The van der Waals surface area contributed by atoms with Crippen LogP contribution in [0.4, 0.5) is 0 Å². The quantitative estimate of drug-likeness (QED) is 0.850. The third-order valence-electron chi connectivity index (χ3n) is 3.08. The summed E-state index contributed by atoms with van der Waals surface area (Å²) in [7, 11) is 0. The minimum atomic E-state index is -0.363. The van der Waals surface area contributed by atoms with E-state index in [1.165, 1.54) is 6.92 Å². The number of nitrogens with one attached hydrogen (secondary N) is 2. The molecule has 0 aliphatic heterocycles. The summed E-state index contributed by atoms with van der Waals surface area (Å²) >= 11 is 7.46. The minimum absolute atomic E-state index is 0.109. The lowest BCUT2D eigenvalue weighted by Gasteiger charge is -2.18. The van der Waals surface area contributed by atoms with E-state index in [1.807, 2.05) is 29.6 Å². The number of halogens is 1. The second-order valence-corrected chi connectivity index (χ2v) is 6.33. The van der Waals surface area contributed by atoms with Crippen molar-refractivity contribution in [2.75, 3.05) is 0 Å². The van der Waals surface area contributed by atoms with Gasteiger partial charge in [-0.25, -0.2) is 0 Å². The fourth-order valence-corrected chi connectivity index (χ4v) is 2.82. The molecule has 4 nitrogen and oxygen atoms in total. The van der Waals surface area contributed by atoms with Crippen LogP contribution in [-0.2, 0) is 16.1 Å². The van der Waals surface area contributed by atoms with Crippen molar-refractivity contribution in [1.29, 1.82) is 0 Å². The Balaban J connectivity index is 1.98. The largest absolute Gasteiger partial charge is 0.351 e. The van der Waals surface area contributed by atoms with Crippen LogP contribution in [0.2, 0.25) is 5.02 Å². The first-order chi connectivity index (χ1) is 10.5. The maximum absolute atomic E-state index is 12.1. The fourth-order valence-electron chi connectivity index (χ4n) is 2.05. The van der Waals surface area contributed by atoms with Crippen LogP contribution in [0.5, 0.6) is 0 Å². The van der Waals surface area contributed by atoms with Gasteiger partial charge >= 0.3 is 0 Å². The number of carbonyl (C=O) groups excluding carboxylic acids is 2. The van der Waals surface area contributed by atoms with Gasteiger partial charge in [0.05, 0.1) is 19.0 Å². The van der Waals surface area contributed by atoms with Gasteiger partial charge in [0.1, 0.15) is 0 Å². The maximum atomic E-state index is 12.1. The SMILES string of the molecule is CC(=O)NC(CC(=O)NCc1cccs1)c1ccc(Cl)cc1. The van der Waals surface area contributed by atoms with Crippen molar-refractivity contribution < 1.29 is 9.59 Å². The van der Waals surface area contributed by atoms with E-state index >= 15 is 0 Å². The zero-order chi connectivity index (χ0) is 15.9. The number of carbonyl (C=O) groups is 2. The monoisotopic (exact) mass is 336 g/mol. The van der Waals surface area contributed by atoms with Crippen molar-refractivity contribution in [1.82, 2.24) is 10.6 Å².